The van der Waals surface area contributed by atoms with Crippen molar-refractivity contribution in [1.29, 1.82) is 0 Å². The summed E-state index contributed by atoms with van der Waals surface area (Å²) in [5.41, 5.74) is 1.17. The predicted octanol–water partition coefficient (Wildman–Crippen LogP) is 2.26. The molecule has 4 nitrogen and oxygen atoms in total. The minimum Gasteiger partial charge on any atom is -0.481 e. The largest absolute Gasteiger partial charge is 0.481 e. The maximum absolute atomic E-state index is 12.5. The number of benzene rings is 1. The van der Waals surface area contributed by atoms with Gasteiger partial charge in [0.05, 0.1) is 11.8 Å². The van der Waals surface area contributed by atoms with Crippen LogP contribution in [0.2, 0.25) is 0 Å². The molecule has 0 aromatic heterocycles. The van der Waals surface area contributed by atoms with Gasteiger partial charge in [0.1, 0.15) is 0 Å². The molecule has 22 heavy (non-hydrogen) atoms. The number of carboxylic acid groups (broad SMARTS) is 1. The van der Waals surface area contributed by atoms with E-state index in [2.05, 4.69) is 5.32 Å². The monoisotopic (exact) mass is 299 g/mol. The maximum atomic E-state index is 12.5. The van der Waals surface area contributed by atoms with Gasteiger partial charge in [-0.1, -0.05) is 42.5 Å². The molecule has 4 atom stereocenters. The molecule has 2 N–H and O–H groups in total. The zero-order valence-electron chi connectivity index (χ0n) is 12.4. The van der Waals surface area contributed by atoms with E-state index in [1.54, 1.807) is 0 Å². The lowest BCUT2D eigenvalue weighted by Crippen LogP contribution is -2.49. The molecule has 2 bridgehead atoms. The van der Waals surface area contributed by atoms with Crippen LogP contribution in [-0.4, -0.2) is 23.5 Å². The van der Waals surface area contributed by atoms with E-state index in [-0.39, 0.29) is 17.7 Å². The number of allylic oxidation sites excluding steroid dienone is 2. The van der Waals surface area contributed by atoms with E-state index < -0.39 is 17.8 Å². The number of carbonyl (C=O) groups excluding carboxylic acids is 1. The van der Waals surface area contributed by atoms with Crippen LogP contribution in [0.1, 0.15) is 18.4 Å². The van der Waals surface area contributed by atoms with Gasteiger partial charge in [-0.2, -0.15) is 0 Å². The maximum Gasteiger partial charge on any atom is 0.307 e. The number of hydrogen-bond acceptors (Lipinski definition) is 2. The van der Waals surface area contributed by atoms with Crippen LogP contribution < -0.4 is 5.32 Å². The lowest BCUT2D eigenvalue weighted by Gasteiger charge is -2.41. The molecule has 0 unspecified atom stereocenters. The van der Waals surface area contributed by atoms with Gasteiger partial charge in [0.15, 0.2) is 0 Å². The first-order valence-electron chi connectivity index (χ1n) is 7.89. The van der Waals surface area contributed by atoms with Crippen molar-refractivity contribution in [3.8, 4) is 0 Å². The van der Waals surface area contributed by atoms with Crippen molar-refractivity contribution in [3.63, 3.8) is 0 Å². The number of fused-ring (bicyclic) bond motifs is 2. The summed E-state index contributed by atoms with van der Waals surface area (Å²) in [6, 6.07) is 9.96. The Bertz CT molecular complexity index is 581. The molecule has 0 aliphatic heterocycles. The summed E-state index contributed by atoms with van der Waals surface area (Å²) in [6.45, 7) is 0.548. The molecule has 1 aromatic carbocycles. The van der Waals surface area contributed by atoms with E-state index in [1.807, 2.05) is 42.5 Å². The molecule has 116 valence electrons. The molecule has 0 heterocycles. The van der Waals surface area contributed by atoms with Crippen LogP contribution in [0.4, 0.5) is 0 Å². The Morgan fingerprint density at radius 2 is 1.68 bits per heavy atom. The number of carbonyl (C=O) groups is 2. The topological polar surface area (TPSA) is 66.4 Å². The van der Waals surface area contributed by atoms with E-state index in [4.69, 9.17) is 0 Å². The third-order valence-corrected chi connectivity index (χ3v) is 4.89. The minimum absolute atomic E-state index is 0.00683. The van der Waals surface area contributed by atoms with Gasteiger partial charge in [0.25, 0.3) is 0 Å². The summed E-state index contributed by atoms with van der Waals surface area (Å²) in [6.07, 6.45) is 6.59. The number of carboxylic acids is 1. The minimum atomic E-state index is -0.845. The number of amides is 1. The van der Waals surface area contributed by atoms with Crippen molar-refractivity contribution >= 4 is 11.9 Å². The number of nitrogens with one attached hydrogen (secondary N) is 1. The van der Waals surface area contributed by atoms with Crippen LogP contribution >= 0.6 is 0 Å². The van der Waals surface area contributed by atoms with Gasteiger partial charge in [-0.05, 0) is 36.7 Å². The lowest BCUT2D eigenvalue weighted by molar-refractivity contribution is -0.152. The summed E-state index contributed by atoms with van der Waals surface area (Å²) in [4.78, 5) is 24.0. The Morgan fingerprint density at radius 3 is 2.27 bits per heavy atom. The average molecular weight is 299 g/mol. The first kappa shape index (κ1) is 14.8. The molecule has 3 aliphatic carbocycles. The lowest BCUT2D eigenvalue weighted by atomic mass is 9.62. The van der Waals surface area contributed by atoms with Crippen molar-refractivity contribution in [2.75, 3.05) is 6.54 Å². The molecular formula is C18H21NO3. The van der Waals surface area contributed by atoms with Gasteiger partial charge in [0.2, 0.25) is 5.91 Å². The third kappa shape index (κ3) is 2.91. The van der Waals surface area contributed by atoms with Crippen molar-refractivity contribution in [3.05, 3.63) is 48.0 Å². The van der Waals surface area contributed by atoms with Gasteiger partial charge in [-0.25, -0.2) is 0 Å². The highest BCUT2D eigenvalue weighted by molar-refractivity contribution is 5.86. The normalized spacial score (nSPS) is 29.3. The number of aliphatic carboxylic acids is 1. The van der Waals surface area contributed by atoms with Crippen LogP contribution in [-0.2, 0) is 16.0 Å². The van der Waals surface area contributed by atoms with Crippen LogP contribution in [0.15, 0.2) is 42.5 Å². The van der Waals surface area contributed by atoms with Crippen LogP contribution in [0, 0.1) is 23.7 Å². The van der Waals surface area contributed by atoms with Gasteiger partial charge >= 0.3 is 5.97 Å². The fraction of sp³-hybridized carbons (Fsp3) is 0.444. The first-order chi connectivity index (χ1) is 10.7. The van der Waals surface area contributed by atoms with Crippen LogP contribution in [0.5, 0.6) is 0 Å². The summed E-state index contributed by atoms with van der Waals surface area (Å²) in [5, 5.41) is 12.4. The van der Waals surface area contributed by atoms with Crippen molar-refractivity contribution < 1.29 is 14.7 Å². The Labute approximate surface area is 130 Å². The van der Waals surface area contributed by atoms with Crippen LogP contribution in [0.25, 0.3) is 0 Å². The summed E-state index contributed by atoms with van der Waals surface area (Å²) in [5.74, 6) is -1.86. The fourth-order valence-corrected chi connectivity index (χ4v) is 3.78. The molecule has 1 aromatic rings. The van der Waals surface area contributed by atoms with Gasteiger partial charge in [0, 0.05) is 6.54 Å². The van der Waals surface area contributed by atoms with E-state index >= 15 is 0 Å². The molecular weight excluding hydrogens is 278 g/mol. The molecule has 1 saturated carbocycles. The van der Waals surface area contributed by atoms with E-state index in [0.717, 1.165) is 19.3 Å². The van der Waals surface area contributed by atoms with Crippen molar-refractivity contribution in [1.82, 2.24) is 5.32 Å². The highest BCUT2D eigenvalue weighted by Gasteiger charge is 2.47. The SMILES string of the molecule is O=C(O)[C@@H]1[C@@H](C(=O)NCCc2ccccc2)[C@@H]2C=C[C@@H]1CC2. The van der Waals surface area contributed by atoms with Crippen molar-refractivity contribution in [2.45, 2.75) is 19.3 Å². The molecule has 0 spiro atoms. The fourth-order valence-electron chi connectivity index (χ4n) is 3.78. The highest BCUT2D eigenvalue weighted by atomic mass is 16.4. The van der Waals surface area contributed by atoms with E-state index in [9.17, 15) is 14.7 Å². The molecule has 4 rings (SSSR count). The Kier molecular flexibility index (Phi) is 4.27. The molecule has 1 amide bonds. The highest BCUT2D eigenvalue weighted by Crippen LogP contribution is 2.44. The zero-order valence-corrected chi connectivity index (χ0v) is 12.4. The smallest absolute Gasteiger partial charge is 0.307 e. The Morgan fingerprint density at radius 1 is 1.05 bits per heavy atom. The van der Waals surface area contributed by atoms with E-state index in [1.165, 1.54) is 5.56 Å². The molecule has 1 fully saturated rings. The standard InChI is InChI=1S/C18H21NO3/c20-17(19-11-10-12-4-2-1-3-5-12)15-13-6-8-14(9-7-13)16(15)18(21)22/h1-6,8,13-16H,7,9-11H2,(H,19,20)(H,21,22)/t13-,14-,15+,16+/m1/s1. The number of hydrogen-bond donors (Lipinski definition) is 2. The zero-order chi connectivity index (χ0) is 15.5. The summed E-state index contributed by atoms with van der Waals surface area (Å²) in [7, 11) is 0. The third-order valence-electron chi connectivity index (χ3n) is 4.89. The van der Waals surface area contributed by atoms with Crippen LogP contribution in [0.3, 0.4) is 0 Å². The second-order valence-corrected chi connectivity index (χ2v) is 6.21. The molecule has 0 radical (unpaired) electrons. The molecule has 3 aliphatic rings. The summed E-state index contributed by atoms with van der Waals surface area (Å²) < 4.78 is 0. The van der Waals surface area contributed by atoms with Gasteiger partial charge < -0.3 is 10.4 Å². The molecule has 0 saturated heterocycles. The molecule has 4 heteroatoms. The first-order valence-corrected chi connectivity index (χ1v) is 7.89. The van der Waals surface area contributed by atoms with Gasteiger partial charge in [-0.3, -0.25) is 9.59 Å². The predicted molar refractivity (Wildman–Crippen MR) is 83.1 cm³/mol. The Balaban J connectivity index is 1.61. The second kappa shape index (κ2) is 6.34. The van der Waals surface area contributed by atoms with Gasteiger partial charge in [-0.15, -0.1) is 0 Å². The number of rotatable bonds is 5. The second-order valence-electron chi connectivity index (χ2n) is 6.21. The summed E-state index contributed by atoms with van der Waals surface area (Å²) >= 11 is 0. The van der Waals surface area contributed by atoms with E-state index in [0.29, 0.717) is 6.54 Å². The quantitative estimate of drug-likeness (QED) is 0.820. The average Bonchev–Trinajstić information content (AvgIpc) is 2.55. The Hall–Kier alpha value is -2.10. The van der Waals surface area contributed by atoms with Crippen molar-refractivity contribution in [2.24, 2.45) is 23.7 Å².